The van der Waals surface area contributed by atoms with E-state index in [-0.39, 0.29) is 24.6 Å². The first-order valence-corrected chi connectivity index (χ1v) is 11.1. The monoisotopic (exact) mass is 424 g/mol. The normalized spacial score (nSPS) is 15.4. The maximum Gasteiger partial charge on any atom is 0.325 e. The molecule has 0 aliphatic carbocycles. The average molecular weight is 425 g/mol. The summed E-state index contributed by atoms with van der Waals surface area (Å²) in [5.41, 5.74) is 1.47. The van der Waals surface area contributed by atoms with E-state index in [9.17, 15) is 14.7 Å². The zero-order valence-corrected chi connectivity index (χ0v) is 20.2. The van der Waals surface area contributed by atoms with Crippen LogP contribution in [0.3, 0.4) is 0 Å². The van der Waals surface area contributed by atoms with Crippen LogP contribution in [0.1, 0.15) is 67.2 Å². The first kappa shape index (κ1) is 30.3. The Balaban J connectivity index is 0. The van der Waals surface area contributed by atoms with Crippen LogP contribution in [0.2, 0.25) is 0 Å². The number of ether oxygens (including phenoxy) is 1. The lowest BCUT2D eigenvalue weighted by molar-refractivity contribution is -0.140. The van der Waals surface area contributed by atoms with Gasteiger partial charge in [0.1, 0.15) is 12.8 Å². The minimum absolute atomic E-state index is 0.133. The molecule has 0 aromatic rings. The van der Waals surface area contributed by atoms with Crippen LogP contribution in [0.5, 0.6) is 0 Å². The maximum atomic E-state index is 11.8. The number of methoxy groups -OCH3 is 1. The van der Waals surface area contributed by atoms with Crippen LogP contribution in [0.15, 0.2) is 36.0 Å². The van der Waals surface area contributed by atoms with E-state index in [4.69, 9.17) is 0 Å². The van der Waals surface area contributed by atoms with Crippen LogP contribution < -0.4 is 5.32 Å². The van der Waals surface area contributed by atoms with Gasteiger partial charge in [0.25, 0.3) is 5.91 Å². The number of aliphatic hydroxyl groups excluding tert-OH is 1. The van der Waals surface area contributed by atoms with Crippen molar-refractivity contribution in [2.45, 2.75) is 73.5 Å². The van der Waals surface area contributed by atoms with Crippen molar-refractivity contribution in [1.29, 1.82) is 0 Å². The van der Waals surface area contributed by atoms with Crippen molar-refractivity contribution in [1.82, 2.24) is 10.2 Å². The molecule has 1 amide bonds. The fourth-order valence-electron chi connectivity index (χ4n) is 2.73. The summed E-state index contributed by atoms with van der Waals surface area (Å²) in [5.74, 6) is -0.496. The molecule has 1 saturated heterocycles. The highest BCUT2D eigenvalue weighted by Gasteiger charge is 2.17. The minimum atomic E-state index is -0.476. The van der Waals surface area contributed by atoms with Gasteiger partial charge in [-0.25, -0.2) is 0 Å². The zero-order chi connectivity index (χ0) is 23.5. The summed E-state index contributed by atoms with van der Waals surface area (Å²) in [6.07, 6.45) is 9.57. The number of rotatable bonds is 9. The number of hydrogen-bond acceptors (Lipinski definition) is 5. The van der Waals surface area contributed by atoms with E-state index >= 15 is 0 Å². The molecule has 0 saturated carbocycles. The summed E-state index contributed by atoms with van der Waals surface area (Å²) in [5, 5.41) is 12.0. The van der Waals surface area contributed by atoms with Crippen LogP contribution >= 0.6 is 0 Å². The second-order valence-electron chi connectivity index (χ2n) is 7.02. The van der Waals surface area contributed by atoms with Crippen molar-refractivity contribution in [3.63, 3.8) is 0 Å². The van der Waals surface area contributed by atoms with Gasteiger partial charge in [-0.3, -0.25) is 14.5 Å². The number of carbonyl (C=O) groups excluding carboxylic acids is 2. The van der Waals surface area contributed by atoms with Crippen molar-refractivity contribution in [2.75, 3.05) is 26.7 Å². The molecule has 6 heteroatoms. The van der Waals surface area contributed by atoms with E-state index < -0.39 is 5.97 Å². The van der Waals surface area contributed by atoms with Gasteiger partial charge in [0.15, 0.2) is 0 Å². The van der Waals surface area contributed by atoms with Crippen molar-refractivity contribution in [3.05, 3.63) is 36.0 Å². The molecule has 1 rings (SSSR count). The summed E-state index contributed by atoms with van der Waals surface area (Å²) in [7, 11) is 1.28. The lowest BCUT2D eigenvalue weighted by atomic mass is 10.00. The SMILES string of the molecule is C=C/C(=C\C(=C/C)C(=O)NCC(=O)OC)C(C)C.CC.CCCC(O)N1CCCC1. The quantitative estimate of drug-likeness (QED) is 0.329. The largest absolute Gasteiger partial charge is 0.468 e. The second-order valence-corrected chi connectivity index (χ2v) is 7.02. The Morgan fingerprint density at radius 1 is 1.23 bits per heavy atom. The summed E-state index contributed by atoms with van der Waals surface area (Å²) in [6.45, 7) is 17.7. The van der Waals surface area contributed by atoms with Gasteiger partial charge in [0.2, 0.25) is 0 Å². The molecule has 0 radical (unpaired) electrons. The highest BCUT2D eigenvalue weighted by molar-refractivity contribution is 5.97. The number of allylic oxidation sites excluding steroid dienone is 3. The third-order valence-electron chi connectivity index (χ3n) is 4.53. The first-order chi connectivity index (χ1) is 14.3. The molecule has 1 aliphatic rings. The standard InChI is InChI=1S/C14H21NO3.C8H17NO.C2H6/c1-6-11(10(3)4)8-12(7-2)14(17)15-9-13(16)18-5;1-2-5-8(10)9-6-3-4-7-9;1-2/h6-8,10H,1,9H2,2-5H3,(H,15,17);8,10H,2-7H2,1H3;1-2H3/b11-8+,12-7+;;. The van der Waals surface area contributed by atoms with E-state index in [0.29, 0.717) is 5.57 Å². The Morgan fingerprint density at radius 3 is 2.20 bits per heavy atom. The third kappa shape index (κ3) is 13.3. The molecule has 0 bridgehead atoms. The second kappa shape index (κ2) is 19.1. The van der Waals surface area contributed by atoms with Gasteiger partial charge >= 0.3 is 5.97 Å². The van der Waals surface area contributed by atoms with Gasteiger partial charge in [-0.1, -0.05) is 59.8 Å². The Hall–Kier alpha value is -1.92. The summed E-state index contributed by atoms with van der Waals surface area (Å²) < 4.78 is 4.45. The van der Waals surface area contributed by atoms with Crippen molar-refractivity contribution in [3.8, 4) is 0 Å². The summed E-state index contributed by atoms with van der Waals surface area (Å²) in [6, 6.07) is 0. The van der Waals surface area contributed by atoms with Crippen LogP contribution in [-0.2, 0) is 14.3 Å². The topological polar surface area (TPSA) is 78.9 Å². The van der Waals surface area contributed by atoms with E-state index in [2.05, 4.69) is 28.5 Å². The molecule has 6 nitrogen and oxygen atoms in total. The Kier molecular flexibility index (Phi) is 19.2. The maximum absolute atomic E-state index is 11.8. The summed E-state index contributed by atoms with van der Waals surface area (Å²) >= 11 is 0. The smallest absolute Gasteiger partial charge is 0.325 e. The molecule has 1 unspecified atom stereocenters. The fourth-order valence-corrected chi connectivity index (χ4v) is 2.73. The van der Waals surface area contributed by atoms with Crippen molar-refractivity contribution >= 4 is 11.9 Å². The Bertz CT molecular complexity index is 547. The average Bonchev–Trinajstić information content (AvgIpc) is 3.29. The molecule has 30 heavy (non-hydrogen) atoms. The molecule has 0 spiro atoms. The van der Waals surface area contributed by atoms with E-state index in [1.807, 2.05) is 27.7 Å². The lowest BCUT2D eigenvalue weighted by Gasteiger charge is -2.21. The number of aliphatic hydroxyl groups is 1. The molecule has 1 aliphatic heterocycles. The van der Waals surface area contributed by atoms with Crippen molar-refractivity contribution in [2.24, 2.45) is 5.92 Å². The van der Waals surface area contributed by atoms with Crippen LogP contribution in [0.25, 0.3) is 0 Å². The van der Waals surface area contributed by atoms with Gasteiger partial charge in [-0.15, -0.1) is 0 Å². The lowest BCUT2D eigenvalue weighted by Crippen LogP contribution is -2.31. The molecule has 0 aromatic carbocycles. The molecule has 1 fully saturated rings. The number of likely N-dealkylation sites (tertiary alicyclic amines) is 1. The predicted molar refractivity (Wildman–Crippen MR) is 125 cm³/mol. The highest BCUT2D eigenvalue weighted by atomic mass is 16.5. The number of hydrogen-bond donors (Lipinski definition) is 2. The van der Waals surface area contributed by atoms with Gasteiger partial charge in [-0.05, 0) is 43.8 Å². The molecule has 0 aromatic heterocycles. The molecule has 1 atom stereocenters. The molecule has 2 N–H and O–H groups in total. The third-order valence-corrected chi connectivity index (χ3v) is 4.53. The number of amides is 1. The summed E-state index contributed by atoms with van der Waals surface area (Å²) in [4.78, 5) is 24.9. The van der Waals surface area contributed by atoms with Gasteiger partial charge < -0.3 is 15.2 Å². The Morgan fingerprint density at radius 2 is 1.80 bits per heavy atom. The predicted octanol–water partition coefficient (Wildman–Crippen LogP) is 4.22. The van der Waals surface area contributed by atoms with Gasteiger partial charge in [0.05, 0.1) is 7.11 Å². The minimum Gasteiger partial charge on any atom is -0.468 e. The van der Waals surface area contributed by atoms with E-state index in [1.54, 1.807) is 25.2 Å². The molecule has 1 heterocycles. The van der Waals surface area contributed by atoms with E-state index in [0.717, 1.165) is 31.5 Å². The molecular weight excluding hydrogens is 380 g/mol. The van der Waals surface area contributed by atoms with Crippen LogP contribution in [0.4, 0.5) is 0 Å². The number of esters is 1. The highest BCUT2D eigenvalue weighted by Crippen LogP contribution is 2.14. The number of nitrogens with zero attached hydrogens (tertiary/aromatic N) is 1. The van der Waals surface area contributed by atoms with Crippen LogP contribution in [-0.4, -0.2) is 54.9 Å². The zero-order valence-electron chi connectivity index (χ0n) is 20.2. The number of carbonyl (C=O) groups is 2. The Labute approximate surface area is 184 Å². The number of nitrogens with one attached hydrogen (secondary N) is 1. The molecular formula is C24H44N2O4. The first-order valence-electron chi connectivity index (χ1n) is 11.1. The molecule has 174 valence electrons. The fraction of sp³-hybridized carbons (Fsp3) is 0.667. The van der Waals surface area contributed by atoms with Gasteiger partial charge in [-0.2, -0.15) is 0 Å². The van der Waals surface area contributed by atoms with E-state index in [1.165, 1.54) is 20.0 Å². The van der Waals surface area contributed by atoms with Crippen LogP contribution in [0, 0.1) is 5.92 Å². The van der Waals surface area contributed by atoms with Gasteiger partial charge in [0, 0.05) is 18.7 Å². The van der Waals surface area contributed by atoms with Crippen molar-refractivity contribution < 1.29 is 19.4 Å².